The van der Waals surface area contributed by atoms with Crippen LogP contribution < -0.4 is 10.2 Å². The molecular weight excluding hydrogens is 330 g/mol. The predicted molar refractivity (Wildman–Crippen MR) is 107 cm³/mol. The number of amides is 1. The fourth-order valence-electron chi connectivity index (χ4n) is 3.31. The van der Waals surface area contributed by atoms with E-state index in [1.54, 1.807) is 11.3 Å². The predicted octanol–water partition coefficient (Wildman–Crippen LogP) is 3.93. The molecule has 2 heterocycles. The first-order valence-electron chi connectivity index (χ1n) is 8.92. The Kier molecular flexibility index (Phi) is 5.45. The number of hydrogen-bond donors (Lipinski definition) is 1. The van der Waals surface area contributed by atoms with Gasteiger partial charge in [-0.1, -0.05) is 6.92 Å². The first-order chi connectivity index (χ1) is 12.0. The number of likely N-dealkylation sites (N-methyl/N-ethyl adjacent to an activating group) is 1. The largest absolute Gasteiger partial charge is 0.369 e. The smallest absolute Gasteiger partial charge is 0.265 e. The number of hydrogen-bond acceptors (Lipinski definition) is 4. The van der Waals surface area contributed by atoms with Crippen LogP contribution in [-0.2, 0) is 6.42 Å². The maximum atomic E-state index is 12.5. The first kappa shape index (κ1) is 18.0. The van der Waals surface area contributed by atoms with Crippen LogP contribution in [0.25, 0.3) is 0 Å². The van der Waals surface area contributed by atoms with E-state index in [2.05, 4.69) is 55.1 Å². The highest BCUT2D eigenvalue weighted by molar-refractivity contribution is 7.14. The summed E-state index contributed by atoms with van der Waals surface area (Å²) in [6.45, 7) is 10.6. The highest BCUT2D eigenvalue weighted by Crippen LogP contribution is 2.26. The van der Waals surface area contributed by atoms with E-state index in [9.17, 15) is 4.79 Å². The van der Waals surface area contributed by atoms with E-state index in [4.69, 9.17) is 0 Å². The number of nitrogens with one attached hydrogen (secondary N) is 1. The van der Waals surface area contributed by atoms with Gasteiger partial charge in [0, 0.05) is 42.4 Å². The van der Waals surface area contributed by atoms with Crippen molar-refractivity contribution in [2.45, 2.75) is 27.2 Å². The van der Waals surface area contributed by atoms with Crippen molar-refractivity contribution in [1.29, 1.82) is 0 Å². The molecule has 1 fully saturated rings. The lowest BCUT2D eigenvalue weighted by molar-refractivity contribution is 0.103. The van der Waals surface area contributed by atoms with Gasteiger partial charge in [-0.2, -0.15) is 0 Å². The summed E-state index contributed by atoms with van der Waals surface area (Å²) < 4.78 is 0. The van der Waals surface area contributed by atoms with E-state index in [0.717, 1.165) is 43.2 Å². The van der Waals surface area contributed by atoms with Gasteiger partial charge in [0.15, 0.2) is 0 Å². The van der Waals surface area contributed by atoms with E-state index in [-0.39, 0.29) is 5.91 Å². The molecule has 1 aromatic carbocycles. The van der Waals surface area contributed by atoms with E-state index in [1.165, 1.54) is 21.7 Å². The van der Waals surface area contributed by atoms with Gasteiger partial charge in [0.25, 0.3) is 5.91 Å². The van der Waals surface area contributed by atoms with Crippen molar-refractivity contribution in [2.75, 3.05) is 43.4 Å². The topological polar surface area (TPSA) is 35.6 Å². The van der Waals surface area contributed by atoms with Gasteiger partial charge in [-0.3, -0.25) is 4.79 Å². The second kappa shape index (κ2) is 7.58. The molecule has 0 radical (unpaired) electrons. The maximum absolute atomic E-state index is 12.5. The standard InChI is InChI=1S/C20H27N3OS/c1-5-18-15(3)13-19(25-18)20(24)21-16-6-7-17(14(2)12-16)23-10-8-22(4)9-11-23/h6-7,12-13H,5,8-11H2,1-4H3,(H,21,24). The van der Waals surface area contributed by atoms with Gasteiger partial charge in [0.05, 0.1) is 4.88 Å². The molecule has 1 amide bonds. The Morgan fingerprint density at radius 2 is 1.84 bits per heavy atom. The molecule has 0 bridgehead atoms. The van der Waals surface area contributed by atoms with Crippen LogP contribution in [0.15, 0.2) is 24.3 Å². The third kappa shape index (κ3) is 4.05. The molecule has 0 unspecified atom stereocenters. The maximum Gasteiger partial charge on any atom is 0.265 e. The molecule has 1 aromatic heterocycles. The van der Waals surface area contributed by atoms with E-state index < -0.39 is 0 Å². The number of carbonyl (C=O) groups excluding carboxylic acids is 1. The lowest BCUT2D eigenvalue weighted by Crippen LogP contribution is -2.44. The van der Waals surface area contributed by atoms with Crippen LogP contribution in [0.1, 0.15) is 32.6 Å². The average Bonchev–Trinajstić information content (AvgIpc) is 2.97. The van der Waals surface area contributed by atoms with Crippen LogP contribution in [0.4, 0.5) is 11.4 Å². The molecule has 2 aromatic rings. The van der Waals surface area contributed by atoms with Crippen LogP contribution in [0.2, 0.25) is 0 Å². The number of anilines is 2. The van der Waals surface area contributed by atoms with Gasteiger partial charge in [-0.05, 0) is 62.7 Å². The molecule has 3 rings (SSSR count). The molecule has 1 N–H and O–H groups in total. The Morgan fingerprint density at radius 1 is 1.12 bits per heavy atom. The van der Waals surface area contributed by atoms with Crippen molar-refractivity contribution in [2.24, 2.45) is 0 Å². The lowest BCUT2D eigenvalue weighted by atomic mass is 10.1. The normalized spacial score (nSPS) is 15.4. The quantitative estimate of drug-likeness (QED) is 0.900. The summed E-state index contributed by atoms with van der Waals surface area (Å²) in [5, 5.41) is 3.05. The minimum Gasteiger partial charge on any atom is -0.369 e. The van der Waals surface area contributed by atoms with Crippen LogP contribution in [0, 0.1) is 13.8 Å². The first-order valence-corrected chi connectivity index (χ1v) is 9.74. The molecule has 0 atom stereocenters. The zero-order chi connectivity index (χ0) is 18.0. The number of thiophene rings is 1. The number of carbonyl (C=O) groups is 1. The van der Waals surface area contributed by atoms with Gasteiger partial charge in [-0.25, -0.2) is 0 Å². The Balaban J connectivity index is 1.71. The Labute approximate surface area is 154 Å². The fourth-order valence-corrected chi connectivity index (χ4v) is 4.32. The minimum atomic E-state index is -0.0143. The number of rotatable bonds is 4. The fraction of sp³-hybridized carbons (Fsp3) is 0.450. The van der Waals surface area contributed by atoms with E-state index >= 15 is 0 Å². The average molecular weight is 358 g/mol. The lowest BCUT2D eigenvalue weighted by Gasteiger charge is -2.35. The van der Waals surface area contributed by atoms with Gasteiger partial charge >= 0.3 is 0 Å². The second-order valence-electron chi connectivity index (χ2n) is 6.82. The SMILES string of the molecule is CCc1sc(C(=O)Nc2ccc(N3CCN(C)CC3)c(C)c2)cc1C. The second-order valence-corrected chi connectivity index (χ2v) is 7.95. The molecular formula is C20H27N3OS. The summed E-state index contributed by atoms with van der Waals surface area (Å²) in [5.41, 5.74) is 4.55. The zero-order valence-corrected chi connectivity index (χ0v) is 16.4. The molecule has 1 aliphatic heterocycles. The summed E-state index contributed by atoms with van der Waals surface area (Å²) in [7, 11) is 2.17. The molecule has 134 valence electrons. The molecule has 5 heteroatoms. The monoisotopic (exact) mass is 357 g/mol. The van der Waals surface area contributed by atoms with Gasteiger partial charge < -0.3 is 15.1 Å². The van der Waals surface area contributed by atoms with Gasteiger partial charge in [-0.15, -0.1) is 11.3 Å². The summed E-state index contributed by atoms with van der Waals surface area (Å²) >= 11 is 1.59. The number of nitrogens with zero attached hydrogens (tertiary/aromatic N) is 2. The summed E-state index contributed by atoms with van der Waals surface area (Å²) in [6, 6.07) is 8.21. The summed E-state index contributed by atoms with van der Waals surface area (Å²) in [6.07, 6.45) is 0.975. The molecule has 0 aliphatic carbocycles. The number of aryl methyl sites for hydroxylation is 3. The van der Waals surface area contributed by atoms with Crippen molar-refractivity contribution in [3.8, 4) is 0 Å². The Bertz CT molecular complexity index is 760. The van der Waals surface area contributed by atoms with Crippen LogP contribution in [0.3, 0.4) is 0 Å². The molecule has 0 spiro atoms. The highest BCUT2D eigenvalue weighted by Gasteiger charge is 2.17. The zero-order valence-electron chi connectivity index (χ0n) is 15.6. The van der Waals surface area contributed by atoms with Crippen molar-refractivity contribution >= 4 is 28.6 Å². The number of benzene rings is 1. The minimum absolute atomic E-state index is 0.0143. The van der Waals surface area contributed by atoms with Crippen molar-refractivity contribution in [1.82, 2.24) is 4.90 Å². The van der Waals surface area contributed by atoms with Crippen molar-refractivity contribution in [3.05, 3.63) is 45.1 Å². The molecule has 1 aliphatic rings. The summed E-state index contributed by atoms with van der Waals surface area (Å²) in [4.78, 5) is 19.4. The van der Waals surface area contributed by atoms with Crippen molar-refractivity contribution < 1.29 is 4.79 Å². The molecule has 25 heavy (non-hydrogen) atoms. The van der Waals surface area contributed by atoms with Gasteiger partial charge in [0.2, 0.25) is 0 Å². The van der Waals surface area contributed by atoms with Crippen molar-refractivity contribution in [3.63, 3.8) is 0 Å². The third-order valence-electron chi connectivity index (χ3n) is 4.86. The Morgan fingerprint density at radius 3 is 2.44 bits per heavy atom. The van der Waals surface area contributed by atoms with E-state index in [0.29, 0.717) is 0 Å². The van der Waals surface area contributed by atoms with E-state index in [1.807, 2.05) is 12.1 Å². The van der Waals surface area contributed by atoms with Crippen LogP contribution in [0.5, 0.6) is 0 Å². The Hall–Kier alpha value is -1.85. The number of piperazine rings is 1. The molecule has 1 saturated heterocycles. The summed E-state index contributed by atoms with van der Waals surface area (Å²) in [5.74, 6) is -0.0143. The van der Waals surface area contributed by atoms with Crippen LogP contribution >= 0.6 is 11.3 Å². The van der Waals surface area contributed by atoms with Gasteiger partial charge in [0.1, 0.15) is 0 Å². The third-order valence-corrected chi connectivity index (χ3v) is 6.24. The highest BCUT2D eigenvalue weighted by atomic mass is 32.1. The molecule has 4 nitrogen and oxygen atoms in total. The molecule has 0 saturated carbocycles. The van der Waals surface area contributed by atoms with Crippen LogP contribution in [-0.4, -0.2) is 44.0 Å².